The van der Waals surface area contributed by atoms with Gasteiger partial charge in [-0.05, 0) is 30.2 Å². The van der Waals surface area contributed by atoms with Gasteiger partial charge in [0, 0.05) is 30.9 Å². The summed E-state index contributed by atoms with van der Waals surface area (Å²) in [5.41, 5.74) is 7.86. The summed E-state index contributed by atoms with van der Waals surface area (Å²) < 4.78 is 6.83. The predicted molar refractivity (Wildman–Crippen MR) is 73.3 cm³/mol. The molecule has 1 aromatic carbocycles. The molecule has 1 heterocycles. The maximum Gasteiger partial charge on any atom is 0.165 e. The van der Waals surface area contributed by atoms with Crippen molar-refractivity contribution >= 4 is 11.5 Å². The number of hydrogen-bond acceptors (Lipinski definition) is 4. The Bertz CT molecular complexity index is 590. The molecule has 0 unspecified atom stereocenters. The maximum atomic E-state index is 12.2. The molecule has 0 amide bonds. The average Bonchev–Trinajstić information content (AvgIpc) is 2.82. The number of nitrogens with zero attached hydrogens (tertiary/aromatic N) is 2. The second-order valence-corrected chi connectivity index (χ2v) is 4.40. The standard InChI is InChI=1S/C14H17N3O2/c1-17-9-10(8-16-17)3-6-14(18)12-7-11(19-2)4-5-13(12)15/h4-5,7-9H,3,6,15H2,1-2H3. The number of benzene rings is 1. The Hall–Kier alpha value is -2.30. The van der Waals surface area contributed by atoms with E-state index in [-0.39, 0.29) is 5.78 Å². The van der Waals surface area contributed by atoms with Crippen LogP contribution in [0.5, 0.6) is 5.75 Å². The Balaban J connectivity index is 2.07. The van der Waals surface area contributed by atoms with Gasteiger partial charge in [0.1, 0.15) is 5.75 Å². The third-order valence-corrected chi connectivity index (χ3v) is 2.96. The highest BCUT2D eigenvalue weighted by Crippen LogP contribution is 2.21. The molecule has 0 saturated carbocycles. The molecule has 5 heteroatoms. The van der Waals surface area contributed by atoms with Crippen molar-refractivity contribution in [1.82, 2.24) is 9.78 Å². The zero-order chi connectivity index (χ0) is 13.8. The maximum absolute atomic E-state index is 12.2. The molecule has 2 N–H and O–H groups in total. The van der Waals surface area contributed by atoms with E-state index in [4.69, 9.17) is 10.5 Å². The number of nitrogen functional groups attached to an aromatic ring is 1. The van der Waals surface area contributed by atoms with Crippen LogP contribution in [0.15, 0.2) is 30.6 Å². The van der Waals surface area contributed by atoms with E-state index < -0.39 is 0 Å². The quantitative estimate of drug-likeness (QED) is 0.657. The molecule has 100 valence electrons. The van der Waals surface area contributed by atoms with E-state index >= 15 is 0 Å². The van der Waals surface area contributed by atoms with Crippen molar-refractivity contribution in [2.24, 2.45) is 7.05 Å². The van der Waals surface area contributed by atoms with Gasteiger partial charge < -0.3 is 10.5 Å². The van der Waals surface area contributed by atoms with Gasteiger partial charge in [-0.3, -0.25) is 9.48 Å². The lowest BCUT2D eigenvalue weighted by molar-refractivity contribution is 0.0983. The highest BCUT2D eigenvalue weighted by Gasteiger charge is 2.11. The number of Topliss-reactive ketones (excluding diaryl/α,β-unsaturated/α-hetero) is 1. The molecule has 1 aromatic heterocycles. The SMILES string of the molecule is COc1ccc(N)c(C(=O)CCc2cnn(C)c2)c1. The van der Waals surface area contributed by atoms with Gasteiger partial charge in [0.05, 0.1) is 13.3 Å². The van der Waals surface area contributed by atoms with Crippen LogP contribution in [0, 0.1) is 0 Å². The number of rotatable bonds is 5. The predicted octanol–water partition coefficient (Wildman–Crippen LogP) is 1.83. The first-order chi connectivity index (χ1) is 9.10. The number of ether oxygens (including phenoxy) is 1. The van der Waals surface area contributed by atoms with Gasteiger partial charge in [0.2, 0.25) is 0 Å². The number of carbonyl (C=O) groups is 1. The fraction of sp³-hybridized carbons (Fsp3) is 0.286. The van der Waals surface area contributed by atoms with Crippen LogP contribution in [-0.2, 0) is 13.5 Å². The minimum atomic E-state index is 0.0141. The van der Waals surface area contributed by atoms with Crippen molar-refractivity contribution in [2.45, 2.75) is 12.8 Å². The van der Waals surface area contributed by atoms with Crippen LogP contribution >= 0.6 is 0 Å². The van der Waals surface area contributed by atoms with Gasteiger partial charge in [-0.1, -0.05) is 0 Å². The normalized spacial score (nSPS) is 10.4. The molecular weight excluding hydrogens is 242 g/mol. The van der Waals surface area contributed by atoms with Crippen LogP contribution in [0.25, 0.3) is 0 Å². The number of aryl methyl sites for hydroxylation is 2. The lowest BCUT2D eigenvalue weighted by atomic mass is 10.0. The van der Waals surface area contributed by atoms with E-state index in [0.29, 0.717) is 29.8 Å². The molecule has 5 nitrogen and oxygen atoms in total. The number of carbonyl (C=O) groups excluding carboxylic acids is 1. The van der Waals surface area contributed by atoms with Crippen LogP contribution in [-0.4, -0.2) is 22.7 Å². The smallest absolute Gasteiger partial charge is 0.165 e. The summed E-state index contributed by atoms with van der Waals surface area (Å²) in [5, 5.41) is 4.07. The zero-order valence-electron chi connectivity index (χ0n) is 11.1. The van der Waals surface area contributed by atoms with Crippen molar-refractivity contribution in [3.63, 3.8) is 0 Å². The second-order valence-electron chi connectivity index (χ2n) is 4.40. The molecule has 2 rings (SSSR count). The largest absolute Gasteiger partial charge is 0.497 e. The van der Waals surface area contributed by atoms with Crippen molar-refractivity contribution in [2.75, 3.05) is 12.8 Å². The van der Waals surface area contributed by atoms with Crippen LogP contribution in [0.4, 0.5) is 5.69 Å². The summed E-state index contributed by atoms with van der Waals surface area (Å²) in [6.07, 6.45) is 4.73. The highest BCUT2D eigenvalue weighted by atomic mass is 16.5. The highest BCUT2D eigenvalue weighted by molar-refractivity contribution is 6.01. The van der Waals surface area contributed by atoms with Gasteiger partial charge in [0.15, 0.2) is 5.78 Å². The molecule has 0 atom stereocenters. The third-order valence-electron chi connectivity index (χ3n) is 2.96. The van der Waals surface area contributed by atoms with Crippen LogP contribution in [0.2, 0.25) is 0 Å². The first kappa shape index (κ1) is 13.1. The molecule has 19 heavy (non-hydrogen) atoms. The van der Waals surface area contributed by atoms with Crippen molar-refractivity contribution < 1.29 is 9.53 Å². The summed E-state index contributed by atoms with van der Waals surface area (Å²) in [4.78, 5) is 12.2. The monoisotopic (exact) mass is 259 g/mol. The van der Waals surface area contributed by atoms with Gasteiger partial charge in [-0.15, -0.1) is 0 Å². The van der Waals surface area contributed by atoms with Crippen molar-refractivity contribution in [3.8, 4) is 5.75 Å². The first-order valence-corrected chi connectivity index (χ1v) is 6.04. The Morgan fingerprint density at radius 2 is 2.26 bits per heavy atom. The summed E-state index contributed by atoms with van der Waals surface area (Å²) in [7, 11) is 3.42. The molecule has 0 radical (unpaired) electrons. The minimum absolute atomic E-state index is 0.0141. The topological polar surface area (TPSA) is 70.1 Å². The van der Waals surface area contributed by atoms with Gasteiger partial charge in [-0.2, -0.15) is 5.10 Å². The average molecular weight is 259 g/mol. The van der Waals surface area contributed by atoms with E-state index in [1.165, 1.54) is 0 Å². The second kappa shape index (κ2) is 5.56. The summed E-state index contributed by atoms with van der Waals surface area (Å²) in [5.74, 6) is 0.652. The fourth-order valence-corrected chi connectivity index (χ4v) is 1.90. The van der Waals surface area contributed by atoms with Crippen LogP contribution in [0.3, 0.4) is 0 Å². The molecule has 0 bridgehead atoms. The van der Waals surface area contributed by atoms with E-state index in [2.05, 4.69) is 5.10 Å². The van der Waals surface area contributed by atoms with Gasteiger partial charge in [0.25, 0.3) is 0 Å². The molecule has 0 fully saturated rings. The number of nitrogens with two attached hydrogens (primary N) is 1. The molecule has 0 aliphatic heterocycles. The minimum Gasteiger partial charge on any atom is -0.497 e. The van der Waals surface area contributed by atoms with E-state index in [1.807, 2.05) is 13.2 Å². The van der Waals surface area contributed by atoms with E-state index in [0.717, 1.165) is 5.56 Å². The third kappa shape index (κ3) is 3.13. The zero-order valence-corrected chi connectivity index (χ0v) is 11.1. The summed E-state index contributed by atoms with van der Waals surface area (Å²) >= 11 is 0. The lowest BCUT2D eigenvalue weighted by Gasteiger charge is -2.07. The van der Waals surface area contributed by atoms with E-state index in [1.54, 1.807) is 36.2 Å². The molecule has 2 aromatic rings. The number of ketones is 1. The number of aromatic nitrogens is 2. The van der Waals surface area contributed by atoms with Crippen molar-refractivity contribution in [1.29, 1.82) is 0 Å². The number of hydrogen-bond donors (Lipinski definition) is 1. The fourth-order valence-electron chi connectivity index (χ4n) is 1.90. The van der Waals surface area contributed by atoms with Gasteiger partial charge in [-0.25, -0.2) is 0 Å². The molecular formula is C14H17N3O2. The summed E-state index contributed by atoms with van der Waals surface area (Å²) in [6.45, 7) is 0. The molecule has 0 aliphatic rings. The Labute approximate surface area is 112 Å². The summed E-state index contributed by atoms with van der Waals surface area (Å²) in [6, 6.07) is 5.12. The first-order valence-electron chi connectivity index (χ1n) is 6.04. The number of methoxy groups -OCH3 is 1. The molecule has 0 spiro atoms. The number of anilines is 1. The van der Waals surface area contributed by atoms with E-state index in [9.17, 15) is 4.79 Å². The molecule has 0 saturated heterocycles. The van der Waals surface area contributed by atoms with Crippen LogP contribution in [0.1, 0.15) is 22.3 Å². The molecule has 0 aliphatic carbocycles. The Morgan fingerprint density at radius 1 is 1.47 bits per heavy atom. The van der Waals surface area contributed by atoms with Crippen LogP contribution < -0.4 is 10.5 Å². The lowest BCUT2D eigenvalue weighted by Crippen LogP contribution is -2.05. The van der Waals surface area contributed by atoms with Crippen molar-refractivity contribution in [3.05, 3.63) is 41.7 Å². The Kier molecular flexibility index (Phi) is 3.85. The van der Waals surface area contributed by atoms with Gasteiger partial charge >= 0.3 is 0 Å². The Morgan fingerprint density at radius 3 is 2.89 bits per heavy atom.